The Morgan fingerprint density at radius 3 is 2.53 bits per heavy atom. The van der Waals surface area contributed by atoms with Crippen LogP contribution in [-0.4, -0.2) is 12.1 Å². The normalized spacial score (nSPS) is 14.5. The molecule has 0 heterocycles. The van der Waals surface area contributed by atoms with Gasteiger partial charge in [0.25, 0.3) is 0 Å². The fraction of sp³-hybridized carbons (Fsp3) is 0.385. The van der Waals surface area contributed by atoms with Gasteiger partial charge >= 0.3 is 0 Å². The zero-order chi connectivity index (χ0) is 13.3. The summed E-state index contributed by atoms with van der Waals surface area (Å²) in [5.41, 5.74) is 6.39. The van der Waals surface area contributed by atoms with Crippen LogP contribution in [0.15, 0.2) is 39.4 Å². The average molecular weight is 252 g/mol. The molecule has 0 rings (SSSR count). The van der Waals surface area contributed by atoms with Gasteiger partial charge in [-0.15, -0.1) is 12.6 Å². The van der Waals surface area contributed by atoms with Gasteiger partial charge in [0.1, 0.15) is 0 Å². The van der Waals surface area contributed by atoms with Crippen molar-refractivity contribution in [2.45, 2.75) is 33.6 Å². The number of thiol groups is 1. The summed E-state index contributed by atoms with van der Waals surface area (Å²) in [5, 5.41) is 0. The average Bonchev–Trinajstić information content (AvgIpc) is 2.26. The lowest BCUT2D eigenvalue weighted by atomic mass is 10.1. The Hall–Kier alpha value is -1.29. The fourth-order valence-electron chi connectivity index (χ4n) is 1.10. The van der Waals surface area contributed by atoms with Gasteiger partial charge in [0.05, 0.1) is 5.70 Å². The Balaban J connectivity index is 5.17. The molecule has 0 aromatic heterocycles. The molecule has 4 heteroatoms. The molecule has 0 atom stereocenters. The molecule has 17 heavy (non-hydrogen) atoms. The Morgan fingerprint density at radius 1 is 1.47 bits per heavy atom. The third-order valence-electron chi connectivity index (χ3n) is 1.97. The van der Waals surface area contributed by atoms with Gasteiger partial charge in [-0.1, -0.05) is 25.5 Å². The van der Waals surface area contributed by atoms with Gasteiger partial charge in [0, 0.05) is 16.7 Å². The maximum atomic E-state index is 11.3. The minimum absolute atomic E-state index is 0.437. The minimum atomic E-state index is -0.462. The van der Waals surface area contributed by atoms with E-state index in [1.165, 1.54) is 0 Å². The van der Waals surface area contributed by atoms with Crippen LogP contribution in [0.3, 0.4) is 0 Å². The molecule has 0 aliphatic carbocycles. The van der Waals surface area contributed by atoms with Crippen LogP contribution in [0.1, 0.15) is 33.6 Å². The van der Waals surface area contributed by atoms with E-state index in [4.69, 9.17) is 5.73 Å². The van der Waals surface area contributed by atoms with Crippen molar-refractivity contribution in [1.29, 1.82) is 0 Å². The summed E-state index contributed by atoms with van der Waals surface area (Å²) >= 11 is 4.22. The number of primary amides is 1. The van der Waals surface area contributed by atoms with Crippen molar-refractivity contribution in [2.75, 3.05) is 0 Å². The summed E-state index contributed by atoms with van der Waals surface area (Å²) in [6.07, 6.45) is 8.91. The summed E-state index contributed by atoms with van der Waals surface area (Å²) in [5.74, 6) is -0.462. The van der Waals surface area contributed by atoms with Gasteiger partial charge in [-0.05, 0) is 26.3 Å². The lowest BCUT2D eigenvalue weighted by Crippen LogP contribution is -2.12. The number of nitrogens with zero attached hydrogens (tertiary/aromatic N) is 1. The number of amides is 1. The van der Waals surface area contributed by atoms with E-state index in [-0.39, 0.29) is 0 Å². The van der Waals surface area contributed by atoms with Gasteiger partial charge in [0.15, 0.2) is 0 Å². The van der Waals surface area contributed by atoms with E-state index in [1.54, 1.807) is 25.3 Å². The second-order valence-corrected chi connectivity index (χ2v) is 4.18. The molecule has 0 aliphatic rings. The van der Waals surface area contributed by atoms with Crippen LogP contribution in [0.4, 0.5) is 0 Å². The van der Waals surface area contributed by atoms with Crippen LogP contribution in [0, 0.1) is 0 Å². The van der Waals surface area contributed by atoms with E-state index in [2.05, 4.69) is 24.5 Å². The van der Waals surface area contributed by atoms with E-state index in [0.29, 0.717) is 11.3 Å². The van der Waals surface area contributed by atoms with Crippen molar-refractivity contribution in [3.8, 4) is 0 Å². The maximum Gasteiger partial charge on any atom is 0.248 e. The van der Waals surface area contributed by atoms with Crippen LogP contribution in [-0.2, 0) is 4.79 Å². The molecule has 0 unspecified atom stereocenters. The van der Waals surface area contributed by atoms with Gasteiger partial charge in [0.2, 0.25) is 5.91 Å². The number of carbonyl (C=O) groups excluding carboxylic acids is 1. The van der Waals surface area contributed by atoms with Gasteiger partial charge in [-0.25, -0.2) is 0 Å². The molecule has 3 nitrogen and oxygen atoms in total. The summed E-state index contributed by atoms with van der Waals surface area (Å²) in [6, 6.07) is 0. The molecule has 0 aromatic rings. The summed E-state index contributed by atoms with van der Waals surface area (Å²) in [6.45, 7) is 5.69. The first-order chi connectivity index (χ1) is 8.02. The van der Waals surface area contributed by atoms with E-state index in [0.717, 1.165) is 17.7 Å². The van der Waals surface area contributed by atoms with Gasteiger partial charge in [-0.2, -0.15) is 0 Å². The number of carbonyl (C=O) groups is 1. The van der Waals surface area contributed by atoms with E-state index < -0.39 is 5.91 Å². The van der Waals surface area contributed by atoms with Gasteiger partial charge < -0.3 is 5.73 Å². The van der Waals surface area contributed by atoms with Crippen LogP contribution >= 0.6 is 12.6 Å². The number of unbranched alkanes of at least 4 members (excludes halogenated alkanes) is 1. The molecule has 0 spiro atoms. The Labute approximate surface area is 109 Å². The monoisotopic (exact) mass is 252 g/mol. The predicted molar refractivity (Wildman–Crippen MR) is 77.2 cm³/mol. The Bertz CT molecular complexity index is 375. The van der Waals surface area contributed by atoms with Crippen molar-refractivity contribution in [3.05, 3.63) is 34.4 Å². The molecule has 1 amide bonds. The topological polar surface area (TPSA) is 55.4 Å². The lowest BCUT2D eigenvalue weighted by Gasteiger charge is -2.00. The summed E-state index contributed by atoms with van der Waals surface area (Å²) in [4.78, 5) is 16.1. The SMILES string of the molecule is CC=NC(/C=C(\C=C\CCC)C(N)=O)=C(/C)S. The molecule has 0 aromatic carbocycles. The highest BCUT2D eigenvalue weighted by Gasteiger charge is 2.02. The predicted octanol–water partition coefficient (Wildman–Crippen LogP) is 3.01. The highest BCUT2D eigenvalue weighted by atomic mass is 32.1. The summed E-state index contributed by atoms with van der Waals surface area (Å²) in [7, 11) is 0. The second kappa shape index (κ2) is 8.82. The molecule has 0 saturated carbocycles. The first kappa shape index (κ1) is 15.7. The van der Waals surface area contributed by atoms with E-state index in [9.17, 15) is 4.79 Å². The minimum Gasteiger partial charge on any atom is -0.366 e. The largest absolute Gasteiger partial charge is 0.366 e. The van der Waals surface area contributed by atoms with E-state index >= 15 is 0 Å². The number of rotatable bonds is 6. The Morgan fingerprint density at radius 2 is 2.12 bits per heavy atom. The molecule has 0 bridgehead atoms. The molecule has 0 fully saturated rings. The number of hydrogen-bond acceptors (Lipinski definition) is 3. The van der Waals surface area contributed by atoms with E-state index in [1.807, 2.05) is 13.0 Å². The highest BCUT2D eigenvalue weighted by molar-refractivity contribution is 7.84. The first-order valence-corrected chi connectivity index (χ1v) is 6.04. The third-order valence-corrected chi connectivity index (χ3v) is 2.20. The quantitative estimate of drug-likeness (QED) is 0.325. The summed E-state index contributed by atoms with van der Waals surface area (Å²) < 4.78 is 0. The first-order valence-electron chi connectivity index (χ1n) is 5.59. The maximum absolute atomic E-state index is 11.3. The zero-order valence-electron chi connectivity index (χ0n) is 10.6. The molecule has 94 valence electrons. The van der Waals surface area contributed by atoms with Crippen molar-refractivity contribution in [2.24, 2.45) is 10.7 Å². The number of allylic oxidation sites excluding steroid dienone is 3. The lowest BCUT2D eigenvalue weighted by molar-refractivity contribution is -0.114. The smallest absolute Gasteiger partial charge is 0.248 e. The van der Waals surface area contributed by atoms with Gasteiger partial charge in [-0.3, -0.25) is 9.79 Å². The highest BCUT2D eigenvalue weighted by Crippen LogP contribution is 2.14. The number of hydrogen-bond donors (Lipinski definition) is 2. The van der Waals surface area contributed by atoms with Crippen molar-refractivity contribution >= 4 is 24.8 Å². The van der Waals surface area contributed by atoms with Crippen LogP contribution < -0.4 is 5.73 Å². The number of nitrogens with two attached hydrogens (primary N) is 1. The van der Waals surface area contributed by atoms with Crippen molar-refractivity contribution in [3.63, 3.8) is 0 Å². The van der Waals surface area contributed by atoms with Crippen molar-refractivity contribution < 1.29 is 4.79 Å². The Kier molecular flexibility index (Phi) is 8.15. The van der Waals surface area contributed by atoms with Crippen LogP contribution in [0.5, 0.6) is 0 Å². The van der Waals surface area contributed by atoms with Crippen molar-refractivity contribution in [1.82, 2.24) is 0 Å². The molecule has 0 saturated heterocycles. The fourth-order valence-corrected chi connectivity index (χ4v) is 1.22. The van der Waals surface area contributed by atoms with Crippen LogP contribution in [0.2, 0.25) is 0 Å². The molecule has 2 N–H and O–H groups in total. The molecule has 0 radical (unpaired) electrons. The molecular formula is C13H20N2OS. The van der Waals surface area contributed by atoms with Crippen LogP contribution in [0.25, 0.3) is 0 Å². The molecule has 0 aliphatic heterocycles. The molecular weight excluding hydrogens is 232 g/mol. The zero-order valence-corrected chi connectivity index (χ0v) is 11.5. The third kappa shape index (κ3) is 6.79. The second-order valence-electron chi connectivity index (χ2n) is 3.51. The number of aliphatic imine (C=N–C) groups is 1. The standard InChI is InChI=1S/C13H20N2OS/c1-4-6-7-8-11(13(14)16)9-12(10(3)17)15-5-2/h5,7-9,17H,4,6H2,1-3H3,(H2,14,16)/b8-7+,11-9+,12-10-,15-5?.